The van der Waals surface area contributed by atoms with Crippen molar-refractivity contribution in [1.82, 2.24) is 4.90 Å². The van der Waals surface area contributed by atoms with Gasteiger partial charge in [-0.2, -0.15) is 0 Å². The molecule has 0 aliphatic heterocycles. The number of benzene rings is 4. The van der Waals surface area contributed by atoms with Gasteiger partial charge in [-0.15, -0.1) is 0 Å². The molecule has 1 saturated carbocycles. The van der Waals surface area contributed by atoms with Gasteiger partial charge in [-0.25, -0.2) is 0 Å². The van der Waals surface area contributed by atoms with Crippen LogP contribution in [0.1, 0.15) is 90.9 Å². The topological polar surface area (TPSA) is 101 Å². The lowest BCUT2D eigenvalue weighted by molar-refractivity contribution is -0.0907. The van der Waals surface area contributed by atoms with Gasteiger partial charge < -0.3 is 20.4 Å². The average molecular weight is 688 g/mol. The summed E-state index contributed by atoms with van der Waals surface area (Å²) in [5, 5.41) is 44.3. The number of carbonyl (C=O) groups is 1. The molecule has 0 amide bonds. The largest absolute Gasteiger partial charge is 0.394 e. The van der Waals surface area contributed by atoms with Gasteiger partial charge in [0.2, 0.25) is 0 Å². The van der Waals surface area contributed by atoms with Crippen molar-refractivity contribution in [2.24, 2.45) is 5.41 Å². The van der Waals surface area contributed by atoms with E-state index in [1.54, 1.807) is 0 Å². The molecule has 0 heterocycles. The molecule has 0 unspecified atom stereocenters. The summed E-state index contributed by atoms with van der Waals surface area (Å²) >= 11 is 0. The standard InChI is InChI=1S/C45H53NO5/c1-32-10-9-24-44(2)42(23-25-45(44,51)31-46(29-39(49)30-47)28-33-11-5-3-6-12-33)40-22-16-34(26-38(48)21-15-32)27-41(40)43(50)37-19-17-36(18-20-37)35-13-7-4-8-14-35/h3-8,10-14,16-20,22,27,38-39,42,47-49,51H,9,15,21,23-26,28-31H2,1-2H3/t38-,39-,42-,44-,45+/m0/s1. The van der Waals surface area contributed by atoms with Crippen molar-refractivity contribution in [3.63, 3.8) is 0 Å². The number of aliphatic hydroxyl groups excluding tert-OH is 3. The molecular formula is C45H53NO5. The number of rotatable bonds is 10. The molecule has 5 atom stereocenters. The van der Waals surface area contributed by atoms with Crippen LogP contribution in [0.2, 0.25) is 0 Å². The van der Waals surface area contributed by atoms with Crippen LogP contribution in [0.5, 0.6) is 0 Å². The zero-order chi connectivity index (χ0) is 36.0. The lowest BCUT2D eigenvalue weighted by atomic mass is 9.64. The molecule has 6 heteroatoms. The Morgan fingerprint density at radius 3 is 2.29 bits per heavy atom. The number of hydrogen-bond donors (Lipinski definition) is 4. The van der Waals surface area contributed by atoms with Crippen LogP contribution in [0, 0.1) is 5.41 Å². The number of nitrogens with zero attached hydrogens (tertiary/aromatic N) is 1. The summed E-state index contributed by atoms with van der Waals surface area (Å²) in [6.45, 7) is 5.02. The van der Waals surface area contributed by atoms with Crippen LogP contribution in [-0.4, -0.2) is 68.6 Å². The van der Waals surface area contributed by atoms with E-state index in [0.717, 1.165) is 40.7 Å². The number of hydrogen-bond acceptors (Lipinski definition) is 6. The highest BCUT2D eigenvalue weighted by molar-refractivity contribution is 6.10. The summed E-state index contributed by atoms with van der Waals surface area (Å²) in [4.78, 5) is 16.6. The summed E-state index contributed by atoms with van der Waals surface area (Å²) in [6, 6.07) is 34.1. The maximum atomic E-state index is 14.6. The molecule has 3 aliphatic carbocycles. The lowest BCUT2D eigenvalue weighted by Crippen LogP contribution is -2.53. The van der Waals surface area contributed by atoms with Gasteiger partial charge >= 0.3 is 0 Å². The Morgan fingerprint density at radius 1 is 0.902 bits per heavy atom. The van der Waals surface area contributed by atoms with Crippen LogP contribution in [-0.2, 0) is 13.0 Å². The number of aliphatic hydroxyl groups is 4. The second-order valence-corrected chi connectivity index (χ2v) is 15.2. The Labute approximate surface area is 303 Å². The number of carbonyl (C=O) groups excluding carboxylic acids is 1. The molecule has 7 rings (SSSR count). The third kappa shape index (κ3) is 8.43. The van der Waals surface area contributed by atoms with Crippen molar-refractivity contribution < 1.29 is 25.2 Å². The van der Waals surface area contributed by atoms with Crippen LogP contribution in [0.25, 0.3) is 11.1 Å². The zero-order valence-corrected chi connectivity index (χ0v) is 30.0. The number of ketones is 1. The molecular weight excluding hydrogens is 634 g/mol. The number of allylic oxidation sites excluding steroid dienone is 2. The quantitative estimate of drug-likeness (QED) is 0.102. The molecule has 268 valence electrons. The van der Waals surface area contributed by atoms with E-state index in [1.165, 1.54) is 5.57 Å². The van der Waals surface area contributed by atoms with Gasteiger partial charge in [0, 0.05) is 36.2 Å². The van der Waals surface area contributed by atoms with Crippen molar-refractivity contribution >= 4 is 5.78 Å². The maximum Gasteiger partial charge on any atom is 0.193 e. The average Bonchev–Trinajstić information content (AvgIpc) is 3.39. The van der Waals surface area contributed by atoms with E-state index in [1.807, 2.05) is 78.9 Å². The van der Waals surface area contributed by atoms with Gasteiger partial charge in [0.15, 0.2) is 5.78 Å². The van der Waals surface area contributed by atoms with E-state index < -0.39 is 23.2 Å². The van der Waals surface area contributed by atoms with Crippen molar-refractivity contribution in [3.05, 3.63) is 143 Å². The molecule has 0 spiro atoms. The highest BCUT2D eigenvalue weighted by Crippen LogP contribution is 2.59. The highest BCUT2D eigenvalue weighted by atomic mass is 16.3. The van der Waals surface area contributed by atoms with E-state index in [-0.39, 0.29) is 24.9 Å². The summed E-state index contributed by atoms with van der Waals surface area (Å²) in [6.07, 6.45) is 5.40. The Balaban J connectivity index is 1.40. The Hall–Kier alpha value is -3.91. The minimum atomic E-state index is -1.13. The molecule has 4 N–H and O–H groups in total. The molecule has 0 radical (unpaired) electrons. The first-order valence-electron chi connectivity index (χ1n) is 18.5. The fraction of sp³-hybridized carbons (Fsp3) is 0.400. The van der Waals surface area contributed by atoms with Gasteiger partial charge in [0.25, 0.3) is 0 Å². The Kier molecular flexibility index (Phi) is 11.7. The van der Waals surface area contributed by atoms with Crippen LogP contribution < -0.4 is 0 Å². The van der Waals surface area contributed by atoms with Crippen LogP contribution in [0.4, 0.5) is 0 Å². The van der Waals surface area contributed by atoms with E-state index in [9.17, 15) is 25.2 Å². The molecule has 0 saturated heterocycles. The first-order valence-corrected chi connectivity index (χ1v) is 18.5. The molecule has 51 heavy (non-hydrogen) atoms. The highest BCUT2D eigenvalue weighted by Gasteiger charge is 2.57. The van der Waals surface area contributed by atoms with Crippen LogP contribution in [0.15, 0.2) is 115 Å². The molecule has 4 aromatic rings. The molecule has 2 bridgehead atoms. The van der Waals surface area contributed by atoms with Crippen molar-refractivity contribution in [3.8, 4) is 11.1 Å². The third-order valence-corrected chi connectivity index (χ3v) is 11.6. The minimum Gasteiger partial charge on any atom is -0.394 e. The van der Waals surface area contributed by atoms with E-state index in [0.29, 0.717) is 56.3 Å². The smallest absolute Gasteiger partial charge is 0.193 e. The van der Waals surface area contributed by atoms with Crippen molar-refractivity contribution in [2.75, 3.05) is 19.7 Å². The third-order valence-electron chi connectivity index (χ3n) is 11.6. The molecule has 3 aliphatic rings. The van der Waals surface area contributed by atoms with E-state index in [4.69, 9.17) is 0 Å². The van der Waals surface area contributed by atoms with Gasteiger partial charge in [0.1, 0.15) is 0 Å². The van der Waals surface area contributed by atoms with Gasteiger partial charge in [-0.05, 0) is 91.7 Å². The Bertz CT molecular complexity index is 1790. The first-order chi connectivity index (χ1) is 24.6. The second kappa shape index (κ2) is 16.2. The predicted molar refractivity (Wildman–Crippen MR) is 204 cm³/mol. The SMILES string of the molecule is CC1=CCC[C@@]2(C)[C@@H](CC[C@@]2(O)CN(Cc2ccccc2)C[C@H](O)CO)c2ccc(cc2C(=O)c2ccc(-c3ccccc3)cc2)C[C@@H](O)CC1. The molecule has 4 aromatic carbocycles. The fourth-order valence-electron chi connectivity index (χ4n) is 8.55. The first kappa shape index (κ1) is 36.9. The molecule has 6 nitrogen and oxygen atoms in total. The monoisotopic (exact) mass is 687 g/mol. The number of fused-ring (bicyclic) bond motifs is 8. The van der Waals surface area contributed by atoms with Crippen molar-refractivity contribution in [2.45, 2.75) is 89.1 Å². The van der Waals surface area contributed by atoms with Gasteiger partial charge in [0.05, 0.1) is 24.4 Å². The summed E-state index contributed by atoms with van der Waals surface area (Å²) in [5.41, 5.74) is 5.79. The van der Waals surface area contributed by atoms with Crippen LogP contribution >= 0.6 is 0 Å². The second-order valence-electron chi connectivity index (χ2n) is 15.2. The van der Waals surface area contributed by atoms with E-state index in [2.05, 4.69) is 49.1 Å². The Morgan fingerprint density at radius 2 is 1.59 bits per heavy atom. The normalized spacial score (nSPS) is 24.5. The summed E-state index contributed by atoms with van der Waals surface area (Å²) in [5.74, 6) is -0.166. The van der Waals surface area contributed by atoms with E-state index >= 15 is 0 Å². The lowest BCUT2D eigenvalue weighted by Gasteiger charge is -2.46. The fourth-order valence-corrected chi connectivity index (χ4v) is 8.55. The zero-order valence-electron chi connectivity index (χ0n) is 30.0. The van der Waals surface area contributed by atoms with Gasteiger partial charge in [-0.3, -0.25) is 9.69 Å². The summed E-state index contributed by atoms with van der Waals surface area (Å²) < 4.78 is 0. The van der Waals surface area contributed by atoms with Gasteiger partial charge in [-0.1, -0.05) is 116 Å². The molecule has 1 fully saturated rings. The van der Waals surface area contributed by atoms with Crippen LogP contribution in [0.3, 0.4) is 0 Å². The minimum absolute atomic E-state index is 0.0571. The predicted octanol–water partition coefficient (Wildman–Crippen LogP) is 7.48. The molecule has 0 aromatic heterocycles. The summed E-state index contributed by atoms with van der Waals surface area (Å²) in [7, 11) is 0. The maximum absolute atomic E-state index is 14.6. The van der Waals surface area contributed by atoms with Crippen molar-refractivity contribution in [1.29, 1.82) is 0 Å².